The van der Waals surface area contributed by atoms with Crippen molar-refractivity contribution in [1.82, 2.24) is 4.90 Å². The molecule has 30 heavy (non-hydrogen) atoms. The molecule has 0 amide bonds. The van der Waals surface area contributed by atoms with E-state index in [1.54, 1.807) is 11.3 Å². The van der Waals surface area contributed by atoms with Crippen molar-refractivity contribution in [1.29, 1.82) is 5.41 Å². The van der Waals surface area contributed by atoms with Crippen LogP contribution in [0.15, 0.2) is 66.9 Å². The lowest BCUT2D eigenvalue weighted by Gasteiger charge is -2.19. The fourth-order valence-electron chi connectivity index (χ4n) is 2.94. The summed E-state index contributed by atoms with van der Waals surface area (Å²) in [6.07, 6.45) is 9.62. The van der Waals surface area contributed by atoms with E-state index in [1.165, 1.54) is 19.9 Å². The van der Waals surface area contributed by atoms with Gasteiger partial charge in [0.1, 0.15) is 0 Å². The van der Waals surface area contributed by atoms with Gasteiger partial charge in [-0.2, -0.15) is 0 Å². The van der Waals surface area contributed by atoms with Crippen LogP contribution in [0.25, 0.3) is 11.6 Å². The van der Waals surface area contributed by atoms with Crippen LogP contribution >= 0.6 is 11.3 Å². The summed E-state index contributed by atoms with van der Waals surface area (Å²) in [5.74, 6) is 0. The van der Waals surface area contributed by atoms with Gasteiger partial charge in [-0.15, -0.1) is 17.1 Å². The molecule has 1 aromatic heterocycles. The Morgan fingerprint density at radius 3 is 2.60 bits per heavy atom. The normalized spacial score (nSPS) is 10.1. The molecule has 4 heteroatoms. The quantitative estimate of drug-likeness (QED) is 0.245. The Labute approximate surface area is 186 Å². The Balaban J connectivity index is 0.00000218. The molecule has 0 saturated carbocycles. The van der Waals surface area contributed by atoms with E-state index in [2.05, 4.69) is 61.7 Å². The van der Waals surface area contributed by atoms with Gasteiger partial charge in [0.15, 0.2) is 0 Å². The first kappa shape index (κ1) is 25.4. The Hall–Kier alpha value is -2.65. The number of unbranched alkanes of at least 4 members (excludes halogenated alkanes) is 1. The van der Waals surface area contributed by atoms with Crippen LogP contribution in [0.2, 0.25) is 0 Å². The summed E-state index contributed by atoms with van der Waals surface area (Å²) in [7, 11) is 1.50. The molecule has 0 spiro atoms. The average Bonchev–Trinajstić information content (AvgIpc) is 3.27. The van der Waals surface area contributed by atoms with Gasteiger partial charge < -0.3 is 10.6 Å². The first-order chi connectivity index (χ1) is 14.6. The third kappa shape index (κ3) is 7.64. The number of nitrogens with two attached hydrogens (primary N) is 1. The Morgan fingerprint density at radius 1 is 1.20 bits per heavy atom. The fourth-order valence-corrected chi connectivity index (χ4v) is 3.79. The third-order valence-corrected chi connectivity index (χ3v) is 5.49. The molecule has 0 aliphatic carbocycles. The van der Waals surface area contributed by atoms with Crippen LogP contribution in [-0.2, 0) is 0 Å². The molecule has 0 saturated heterocycles. The summed E-state index contributed by atoms with van der Waals surface area (Å²) >= 11 is 1.63. The lowest BCUT2D eigenvalue weighted by molar-refractivity contribution is 0.368. The van der Waals surface area contributed by atoms with Crippen LogP contribution in [-0.4, -0.2) is 30.7 Å². The number of allylic oxidation sites excluding steroid dienone is 2. The lowest BCUT2D eigenvalue weighted by Crippen LogP contribution is -2.19. The first-order valence-corrected chi connectivity index (χ1v) is 11.3. The van der Waals surface area contributed by atoms with Crippen molar-refractivity contribution in [3.8, 4) is 0 Å². The molecule has 0 atom stereocenters. The predicted molar refractivity (Wildman–Crippen MR) is 135 cm³/mol. The minimum atomic E-state index is 0.511. The molecular formula is C26H35N3S. The van der Waals surface area contributed by atoms with Gasteiger partial charge in [0.25, 0.3) is 0 Å². The van der Waals surface area contributed by atoms with Gasteiger partial charge in [-0.05, 0) is 55.4 Å². The maximum absolute atomic E-state index is 8.63. The zero-order chi connectivity index (χ0) is 22.4. The lowest BCUT2D eigenvalue weighted by atomic mass is 9.99. The van der Waals surface area contributed by atoms with Crippen LogP contribution in [0.1, 0.15) is 54.7 Å². The highest BCUT2D eigenvalue weighted by molar-refractivity contribution is 7.11. The number of benzene rings is 1. The van der Waals surface area contributed by atoms with Gasteiger partial charge in [0, 0.05) is 34.5 Å². The number of nitrogens with one attached hydrogen (secondary N) is 1. The van der Waals surface area contributed by atoms with Crippen LogP contribution in [0, 0.1) is 5.41 Å². The summed E-state index contributed by atoms with van der Waals surface area (Å²) in [4.78, 5) is 3.46. The number of nitrogens with zero attached hydrogens (tertiary/aromatic N) is 1. The highest BCUT2D eigenvalue weighted by atomic mass is 32.1. The molecule has 1 heterocycles. The molecule has 0 fully saturated rings. The summed E-state index contributed by atoms with van der Waals surface area (Å²) in [6.45, 7) is 14.5. The van der Waals surface area contributed by atoms with Crippen molar-refractivity contribution in [3.63, 3.8) is 0 Å². The zero-order valence-electron chi connectivity index (χ0n) is 18.6. The summed E-state index contributed by atoms with van der Waals surface area (Å²) in [6, 6.07) is 9.93. The van der Waals surface area contributed by atoms with E-state index in [4.69, 9.17) is 5.41 Å². The van der Waals surface area contributed by atoms with Crippen molar-refractivity contribution in [2.24, 2.45) is 5.73 Å². The number of rotatable bonds is 11. The Morgan fingerprint density at radius 2 is 1.93 bits per heavy atom. The van der Waals surface area contributed by atoms with E-state index in [0.717, 1.165) is 46.7 Å². The van der Waals surface area contributed by atoms with E-state index in [9.17, 15) is 0 Å². The zero-order valence-corrected chi connectivity index (χ0v) is 19.4. The Bertz CT molecular complexity index is 885. The molecule has 0 radical (unpaired) electrons. The molecule has 0 unspecified atom stereocenters. The summed E-state index contributed by atoms with van der Waals surface area (Å²) in [5.41, 5.74) is 11.6. The minimum Gasteiger partial charge on any atom is -0.377 e. The average molecular weight is 422 g/mol. The second-order valence-electron chi connectivity index (χ2n) is 6.74. The van der Waals surface area contributed by atoms with Crippen molar-refractivity contribution < 1.29 is 0 Å². The second-order valence-corrected chi connectivity index (χ2v) is 7.65. The number of hydrogen-bond acceptors (Lipinski definition) is 4. The van der Waals surface area contributed by atoms with E-state index in [1.807, 2.05) is 35.7 Å². The molecule has 2 rings (SSSR count). The topological polar surface area (TPSA) is 53.1 Å². The van der Waals surface area contributed by atoms with Crippen molar-refractivity contribution in [3.05, 3.63) is 88.4 Å². The van der Waals surface area contributed by atoms with E-state index >= 15 is 0 Å². The highest BCUT2D eigenvalue weighted by Crippen LogP contribution is 2.26. The second kappa shape index (κ2) is 14.4. The maximum Gasteiger partial charge on any atom is 0.0699 e. The number of thiophene rings is 1. The molecule has 3 nitrogen and oxygen atoms in total. The third-order valence-electron chi connectivity index (χ3n) is 4.49. The maximum atomic E-state index is 8.63. The van der Waals surface area contributed by atoms with Gasteiger partial charge in [0.05, 0.1) is 5.71 Å². The molecule has 160 valence electrons. The molecule has 3 N–H and O–H groups in total. The predicted octanol–water partition coefficient (Wildman–Crippen LogP) is 6.58. The van der Waals surface area contributed by atoms with Crippen LogP contribution in [0.5, 0.6) is 0 Å². The van der Waals surface area contributed by atoms with Crippen LogP contribution in [0.3, 0.4) is 0 Å². The molecule has 0 bridgehead atoms. The molecule has 1 aromatic carbocycles. The van der Waals surface area contributed by atoms with Gasteiger partial charge in [-0.3, -0.25) is 5.41 Å². The molecule has 2 aromatic rings. The fraction of sp³-hybridized carbons (Fsp3) is 0.308. The van der Waals surface area contributed by atoms with Gasteiger partial charge >= 0.3 is 0 Å². The van der Waals surface area contributed by atoms with Crippen molar-refractivity contribution in [2.75, 3.05) is 20.1 Å². The molecule has 0 aliphatic rings. The van der Waals surface area contributed by atoms with Gasteiger partial charge in [-0.25, -0.2) is 0 Å². The monoisotopic (exact) mass is 421 g/mol. The SMILES string of the molecule is C=C=Cc1ccccc1C(=N)c1csc(C(=C)/C=C/N(CCC)CCCC)c1.CN. The standard InChI is InChI=1S/C25H30N2S.CH5N/c1-5-8-16-27(15-7-3)17-14-20(4)24-18-22(19-28-24)25(26)23-13-10-9-12-21(23)11-6-2;1-2/h9-14,17-19,26H,2,4-5,7-8,15-16H2,1,3H3;2H2,1H3/b17-14+,26-25?;. The van der Waals surface area contributed by atoms with Crippen molar-refractivity contribution in [2.45, 2.75) is 33.1 Å². The number of hydrogen-bond donors (Lipinski definition) is 2. The van der Waals surface area contributed by atoms with E-state index in [-0.39, 0.29) is 0 Å². The summed E-state index contributed by atoms with van der Waals surface area (Å²) in [5, 5.41) is 10.7. The van der Waals surface area contributed by atoms with Gasteiger partial charge in [-0.1, -0.05) is 57.7 Å². The summed E-state index contributed by atoms with van der Waals surface area (Å²) < 4.78 is 0. The van der Waals surface area contributed by atoms with Gasteiger partial charge in [0.2, 0.25) is 0 Å². The van der Waals surface area contributed by atoms with Crippen LogP contribution in [0.4, 0.5) is 0 Å². The van der Waals surface area contributed by atoms with Crippen LogP contribution < -0.4 is 5.73 Å². The van der Waals surface area contributed by atoms with E-state index < -0.39 is 0 Å². The molecular weight excluding hydrogens is 386 g/mol. The first-order valence-electron chi connectivity index (χ1n) is 10.4. The van der Waals surface area contributed by atoms with Crippen molar-refractivity contribution >= 4 is 28.7 Å². The smallest absolute Gasteiger partial charge is 0.0699 e. The molecule has 0 aliphatic heterocycles. The highest BCUT2D eigenvalue weighted by Gasteiger charge is 2.11. The Kier molecular flexibility index (Phi) is 12.1. The minimum absolute atomic E-state index is 0.511. The van der Waals surface area contributed by atoms with E-state index in [0.29, 0.717) is 5.71 Å². The largest absolute Gasteiger partial charge is 0.377 e.